The summed E-state index contributed by atoms with van der Waals surface area (Å²) in [5, 5.41) is 8.27. The van der Waals surface area contributed by atoms with Gasteiger partial charge >= 0.3 is 5.97 Å². The van der Waals surface area contributed by atoms with Crippen LogP contribution in [0.15, 0.2) is 0 Å². The standard InChI is InChI=1S/C5H11NO2S.As/c1-9-3-2-4(6)5(7)8;/h4H,2-3,6H2,1H3,(H,7,8);/t4-;/m0./s1. The molecule has 0 saturated heterocycles. The van der Waals surface area contributed by atoms with Gasteiger partial charge in [-0.15, -0.1) is 0 Å². The fourth-order valence-electron chi connectivity index (χ4n) is 0.368. The van der Waals surface area contributed by atoms with Crippen LogP contribution in [0.1, 0.15) is 6.42 Å². The van der Waals surface area contributed by atoms with Crippen LogP contribution in [-0.2, 0) is 4.79 Å². The van der Waals surface area contributed by atoms with Crippen LogP contribution in [-0.4, -0.2) is 47.1 Å². The number of carboxylic acid groups (broad SMARTS) is 1. The molecule has 1 atom stereocenters. The molecule has 59 valence electrons. The van der Waals surface area contributed by atoms with Gasteiger partial charge in [-0.1, -0.05) is 0 Å². The van der Waals surface area contributed by atoms with Crippen molar-refractivity contribution >= 4 is 35.7 Å². The monoisotopic (exact) mass is 224 g/mol. The van der Waals surface area contributed by atoms with E-state index in [1.807, 2.05) is 6.26 Å². The van der Waals surface area contributed by atoms with Crippen LogP contribution in [0.5, 0.6) is 0 Å². The van der Waals surface area contributed by atoms with Gasteiger partial charge in [0.2, 0.25) is 0 Å². The molecule has 0 fully saturated rings. The number of carboxylic acids is 1. The van der Waals surface area contributed by atoms with Crippen molar-refractivity contribution in [3.8, 4) is 0 Å². The molecule has 3 N–H and O–H groups in total. The average molecular weight is 224 g/mol. The molecule has 0 aromatic carbocycles. The number of hydrogen-bond donors (Lipinski definition) is 2. The van der Waals surface area contributed by atoms with E-state index in [-0.39, 0.29) is 18.0 Å². The summed E-state index contributed by atoms with van der Waals surface area (Å²) >= 11 is 1.60. The predicted octanol–water partition coefficient (Wildman–Crippen LogP) is -0.229. The minimum Gasteiger partial charge on any atom is -0.480 e. The summed E-state index contributed by atoms with van der Waals surface area (Å²) in [7, 11) is 0. The molecule has 0 aliphatic rings. The Morgan fingerprint density at radius 3 is 2.60 bits per heavy atom. The van der Waals surface area contributed by atoms with E-state index in [0.29, 0.717) is 6.42 Å². The van der Waals surface area contributed by atoms with Crippen LogP contribution < -0.4 is 5.73 Å². The third kappa shape index (κ3) is 6.46. The fraction of sp³-hybridized carbons (Fsp3) is 0.800. The second-order valence-corrected chi connectivity index (χ2v) is 2.71. The zero-order valence-corrected chi connectivity index (χ0v) is 8.47. The minimum atomic E-state index is -0.913. The Bertz CT molecular complexity index is 102. The molecule has 0 aliphatic heterocycles. The summed E-state index contributed by atoms with van der Waals surface area (Å²) in [5.74, 6) is -0.1000. The topological polar surface area (TPSA) is 63.3 Å². The molecule has 0 rings (SSSR count). The van der Waals surface area contributed by atoms with Crippen LogP contribution in [0.2, 0.25) is 0 Å². The van der Waals surface area contributed by atoms with Gasteiger partial charge in [-0.2, -0.15) is 11.8 Å². The first-order valence-corrected chi connectivity index (χ1v) is 4.05. The van der Waals surface area contributed by atoms with Crippen LogP contribution in [0.25, 0.3) is 0 Å². The first-order chi connectivity index (χ1) is 4.18. The second-order valence-electron chi connectivity index (χ2n) is 1.73. The number of nitrogens with two attached hydrogens (primary N) is 1. The van der Waals surface area contributed by atoms with Crippen molar-refractivity contribution in [3.05, 3.63) is 0 Å². The maximum Gasteiger partial charge on any atom is 0.320 e. The number of carbonyl (C=O) groups is 1. The summed E-state index contributed by atoms with van der Waals surface area (Å²) in [5.41, 5.74) is 5.19. The molecular weight excluding hydrogens is 213 g/mol. The van der Waals surface area contributed by atoms with E-state index in [2.05, 4.69) is 0 Å². The SMILES string of the molecule is CSCC[C@H](N)C(=O)O.[As]. The Morgan fingerprint density at radius 1 is 1.80 bits per heavy atom. The first kappa shape index (κ1) is 13.0. The zero-order valence-electron chi connectivity index (χ0n) is 5.78. The fourth-order valence-corrected chi connectivity index (χ4v) is 0.858. The Labute approximate surface area is 76.1 Å². The van der Waals surface area contributed by atoms with Gasteiger partial charge < -0.3 is 10.8 Å². The van der Waals surface area contributed by atoms with Gasteiger partial charge in [0.25, 0.3) is 0 Å². The average Bonchev–Trinajstić information content (AvgIpc) is 1.82. The van der Waals surface area contributed by atoms with Gasteiger partial charge in [0, 0.05) is 18.0 Å². The normalized spacial score (nSPS) is 11.8. The van der Waals surface area contributed by atoms with Crippen LogP contribution >= 0.6 is 11.8 Å². The summed E-state index contributed by atoms with van der Waals surface area (Å²) in [6, 6.07) is -0.683. The van der Waals surface area contributed by atoms with E-state index in [0.717, 1.165) is 5.75 Å². The summed E-state index contributed by atoms with van der Waals surface area (Å²) in [6.45, 7) is 0. The van der Waals surface area contributed by atoms with Crippen LogP contribution in [0, 0.1) is 0 Å². The summed E-state index contributed by atoms with van der Waals surface area (Å²) in [6.07, 6.45) is 2.48. The molecule has 0 heterocycles. The molecule has 3 radical (unpaired) electrons. The van der Waals surface area contributed by atoms with Crippen molar-refractivity contribution in [2.45, 2.75) is 12.5 Å². The second kappa shape index (κ2) is 7.45. The largest absolute Gasteiger partial charge is 0.480 e. The maximum atomic E-state index is 10.1. The van der Waals surface area contributed by atoms with E-state index in [1.165, 1.54) is 0 Å². The Morgan fingerprint density at radius 2 is 2.30 bits per heavy atom. The molecule has 0 amide bonds. The molecule has 0 unspecified atom stereocenters. The van der Waals surface area contributed by atoms with Crippen molar-refractivity contribution in [1.29, 1.82) is 0 Å². The van der Waals surface area contributed by atoms with Crippen LogP contribution in [0.4, 0.5) is 0 Å². The van der Waals surface area contributed by atoms with E-state index in [4.69, 9.17) is 10.8 Å². The summed E-state index contributed by atoms with van der Waals surface area (Å²) < 4.78 is 0. The van der Waals surface area contributed by atoms with Crippen molar-refractivity contribution in [3.63, 3.8) is 0 Å². The van der Waals surface area contributed by atoms with Gasteiger partial charge in [0.05, 0.1) is 0 Å². The molecule has 3 nitrogen and oxygen atoms in total. The zero-order chi connectivity index (χ0) is 7.28. The predicted molar refractivity (Wildman–Crippen MR) is 44.4 cm³/mol. The van der Waals surface area contributed by atoms with Gasteiger partial charge in [-0.3, -0.25) is 4.79 Å². The van der Waals surface area contributed by atoms with Crippen molar-refractivity contribution < 1.29 is 9.90 Å². The smallest absolute Gasteiger partial charge is 0.320 e. The van der Waals surface area contributed by atoms with Gasteiger partial charge in [-0.25, -0.2) is 0 Å². The van der Waals surface area contributed by atoms with E-state index < -0.39 is 12.0 Å². The first-order valence-electron chi connectivity index (χ1n) is 2.65. The molecular formula is C5H11AsNO2S. The molecule has 0 bridgehead atoms. The molecule has 0 aromatic rings. The van der Waals surface area contributed by atoms with Gasteiger partial charge in [0.1, 0.15) is 6.04 Å². The van der Waals surface area contributed by atoms with Crippen molar-refractivity contribution in [2.24, 2.45) is 5.73 Å². The maximum absolute atomic E-state index is 10.1. The molecule has 10 heavy (non-hydrogen) atoms. The molecule has 0 saturated carbocycles. The molecule has 0 spiro atoms. The van der Waals surface area contributed by atoms with Crippen molar-refractivity contribution in [1.82, 2.24) is 0 Å². The van der Waals surface area contributed by atoms with Gasteiger partial charge in [0.15, 0.2) is 0 Å². The quantitative estimate of drug-likeness (QED) is 0.647. The van der Waals surface area contributed by atoms with Gasteiger partial charge in [-0.05, 0) is 18.4 Å². The molecule has 0 aliphatic carbocycles. The summed E-state index contributed by atoms with van der Waals surface area (Å²) in [4.78, 5) is 10.1. The minimum absolute atomic E-state index is 0. The Balaban J connectivity index is 0. The van der Waals surface area contributed by atoms with E-state index in [9.17, 15) is 4.79 Å². The molecule has 5 heteroatoms. The third-order valence-corrected chi connectivity index (χ3v) is 1.59. The van der Waals surface area contributed by atoms with Crippen molar-refractivity contribution in [2.75, 3.05) is 12.0 Å². The van der Waals surface area contributed by atoms with E-state index >= 15 is 0 Å². The van der Waals surface area contributed by atoms with E-state index in [1.54, 1.807) is 11.8 Å². The molecule has 0 aromatic heterocycles. The van der Waals surface area contributed by atoms with Crippen LogP contribution in [0.3, 0.4) is 0 Å². The third-order valence-electron chi connectivity index (χ3n) is 0.950. The number of thioether (sulfide) groups is 1. The number of rotatable bonds is 4. The number of aliphatic carboxylic acids is 1. The number of hydrogen-bond acceptors (Lipinski definition) is 3. The Hall–Kier alpha value is 0.338. The Kier molecular flexibility index (Phi) is 9.65.